The molecule has 3 nitrogen and oxygen atoms in total. The van der Waals surface area contributed by atoms with Gasteiger partial charge in [-0.3, -0.25) is 0 Å². The molecule has 3 aromatic carbocycles. The van der Waals surface area contributed by atoms with Crippen LogP contribution in [0.4, 0.5) is 0 Å². The third kappa shape index (κ3) is 3.83. The molecular weight excluding hydrogens is 324 g/mol. The van der Waals surface area contributed by atoms with Gasteiger partial charge in [0.1, 0.15) is 5.75 Å². The number of ether oxygens (including phenoxy) is 2. The highest BCUT2D eigenvalue weighted by atomic mass is 16.5. The number of hydrogen-bond donors (Lipinski definition) is 1. The number of aryl methyl sites for hydroxylation is 3. The van der Waals surface area contributed by atoms with Crippen molar-refractivity contribution in [3.8, 4) is 28.4 Å². The van der Waals surface area contributed by atoms with E-state index in [1.54, 1.807) is 20.3 Å². The summed E-state index contributed by atoms with van der Waals surface area (Å²) in [4.78, 5) is 0. The molecule has 0 atom stereocenters. The van der Waals surface area contributed by atoms with Crippen LogP contribution >= 0.6 is 0 Å². The summed E-state index contributed by atoms with van der Waals surface area (Å²) in [5, 5.41) is 9.84. The van der Waals surface area contributed by atoms with Gasteiger partial charge in [-0.05, 0) is 65.8 Å². The van der Waals surface area contributed by atoms with Crippen molar-refractivity contribution in [2.24, 2.45) is 0 Å². The molecule has 0 heterocycles. The maximum atomic E-state index is 9.84. The Morgan fingerprint density at radius 3 is 2.35 bits per heavy atom. The second-order valence-electron chi connectivity index (χ2n) is 6.35. The minimum atomic E-state index is 0.153. The molecule has 3 rings (SSSR count). The standard InChI is InChI=1S/C23H24O3/c1-16-8-9-17(14-22(16)25-2)10-11-18-6-4-5-7-20(18)19-12-13-21(24)23(15-19)26-3/h4-9,12-15,24H,10-11H2,1-3H3. The zero-order chi connectivity index (χ0) is 18.5. The number of phenolic OH excluding ortho intramolecular Hbond substituents is 1. The zero-order valence-corrected chi connectivity index (χ0v) is 15.5. The summed E-state index contributed by atoms with van der Waals surface area (Å²) in [6, 6.07) is 20.2. The molecule has 134 valence electrons. The van der Waals surface area contributed by atoms with Crippen molar-refractivity contribution in [2.75, 3.05) is 14.2 Å². The smallest absolute Gasteiger partial charge is 0.161 e. The van der Waals surface area contributed by atoms with E-state index < -0.39 is 0 Å². The van der Waals surface area contributed by atoms with Gasteiger partial charge in [-0.2, -0.15) is 0 Å². The second-order valence-corrected chi connectivity index (χ2v) is 6.35. The molecule has 0 spiro atoms. The Bertz CT molecular complexity index is 900. The number of benzene rings is 3. The molecule has 3 aromatic rings. The average Bonchev–Trinajstić information content (AvgIpc) is 2.68. The molecule has 0 bridgehead atoms. The van der Waals surface area contributed by atoms with Gasteiger partial charge in [0.15, 0.2) is 11.5 Å². The number of hydrogen-bond acceptors (Lipinski definition) is 3. The average molecular weight is 348 g/mol. The maximum absolute atomic E-state index is 9.84. The van der Waals surface area contributed by atoms with Crippen LogP contribution in [-0.2, 0) is 12.8 Å². The summed E-state index contributed by atoms with van der Waals surface area (Å²) >= 11 is 0. The van der Waals surface area contributed by atoms with E-state index in [1.807, 2.05) is 18.2 Å². The summed E-state index contributed by atoms with van der Waals surface area (Å²) in [7, 11) is 3.27. The number of aromatic hydroxyl groups is 1. The Hall–Kier alpha value is -2.94. The molecule has 0 fully saturated rings. The van der Waals surface area contributed by atoms with Gasteiger partial charge in [-0.1, -0.05) is 42.5 Å². The van der Waals surface area contributed by atoms with E-state index in [9.17, 15) is 5.11 Å². The highest BCUT2D eigenvalue weighted by Crippen LogP contribution is 2.33. The predicted octanol–water partition coefficient (Wildman–Crippen LogP) is 5.17. The molecule has 1 N–H and O–H groups in total. The van der Waals surface area contributed by atoms with Gasteiger partial charge in [-0.15, -0.1) is 0 Å². The predicted molar refractivity (Wildman–Crippen MR) is 105 cm³/mol. The first-order valence-corrected chi connectivity index (χ1v) is 8.71. The normalized spacial score (nSPS) is 10.6. The largest absolute Gasteiger partial charge is 0.504 e. The fraction of sp³-hybridized carbons (Fsp3) is 0.217. The van der Waals surface area contributed by atoms with E-state index in [2.05, 4.69) is 43.3 Å². The van der Waals surface area contributed by atoms with Crippen molar-refractivity contribution in [3.63, 3.8) is 0 Å². The van der Waals surface area contributed by atoms with E-state index in [-0.39, 0.29) is 5.75 Å². The highest BCUT2D eigenvalue weighted by Gasteiger charge is 2.09. The van der Waals surface area contributed by atoms with Crippen molar-refractivity contribution < 1.29 is 14.6 Å². The van der Waals surface area contributed by atoms with Gasteiger partial charge >= 0.3 is 0 Å². The third-order valence-corrected chi connectivity index (χ3v) is 4.66. The fourth-order valence-electron chi connectivity index (χ4n) is 3.16. The summed E-state index contributed by atoms with van der Waals surface area (Å²) in [6.07, 6.45) is 1.86. The van der Waals surface area contributed by atoms with Crippen LogP contribution in [0.5, 0.6) is 17.2 Å². The van der Waals surface area contributed by atoms with Crippen molar-refractivity contribution >= 4 is 0 Å². The first-order chi connectivity index (χ1) is 12.6. The summed E-state index contributed by atoms with van der Waals surface area (Å²) in [5.41, 5.74) is 5.86. The topological polar surface area (TPSA) is 38.7 Å². The minimum Gasteiger partial charge on any atom is -0.504 e. The van der Waals surface area contributed by atoms with E-state index >= 15 is 0 Å². The molecule has 0 aliphatic heterocycles. The Kier molecular flexibility index (Phi) is 5.47. The van der Waals surface area contributed by atoms with Gasteiger partial charge in [0.05, 0.1) is 14.2 Å². The third-order valence-electron chi connectivity index (χ3n) is 4.66. The lowest BCUT2D eigenvalue weighted by atomic mass is 9.94. The van der Waals surface area contributed by atoms with Crippen LogP contribution in [0.15, 0.2) is 60.7 Å². The Morgan fingerprint density at radius 1 is 0.808 bits per heavy atom. The maximum Gasteiger partial charge on any atom is 0.161 e. The molecule has 26 heavy (non-hydrogen) atoms. The lowest BCUT2D eigenvalue weighted by Gasteiger charge is -2.12. The van der Waals surface area contributed by atoms with Crippen molar-refractivity contribution in [3.05, 3.63) is 77.4 Å². The molecule has 0 radical (unpaired) electrons. The second kappa shape index (κ2) is 7.96. The van der Waals surface area contributed by atoms with Crippen molar-refractivity contribution in [1.29, 1.82) is 0 Å². The summed E-state index contributed by atoms with van der Waals surface area (Å²) in [6.45, 7) is 2.05. The quantitative estimate of drug-likeness (QED) is 0.668. The van der Waals surface area contributed by atoms with Crippen LogP contribution < -0.4 is 9.47 Å². The molecule has 0 saturated heterocycles. The van der Waals surface area contributed by atoms with Crippen LogP contribution in [0, 0.1) is 6.92 Å². The number of phenols is 1. The molecule has 0 unspecified atom stereocenters. The van der Waals surface area contributed by atoms with Crippen LogP contribution in [0.2, 0.25) is 0 Å². The van der Waals surface area contributed by atoms with E-state index in [0.717, 1.165) is 35.3 Å². The van der Waals surface area contributed by atoms with Gasteiger partial charge in [-0.25, -0.2) is 0 Å². The molecule has 0 aliphatic rings. The van der Waals surface area contributed by atoms with Crippen LogP contribution in [0.3, 0.4) is 0 Å². The minimum absolute atomic E-state index is 0.153. The first-order valence-electron chi connectivity index (χ1n) is 8.71. The first kappa shape index (κ1) is 17.9. The Labute approximate surface area is 154 Å². The van der Waals surface area contributed by atoms with Gasteiger partial charge in [0.2, 0.25) is 0 Å². The van der Waals surface area contributed by atoms with Crippen molar-refractivity contribution in [1.82, 2.24) is 0 Å². The SMILES string of the molecule is COc1cc(CCc2ccccc2-c2ccc(O)c(OC)c2)ccc1C. The van der Waals surface area contributed by atoms with Gasteiger partial charge in [0, 0.05) is 0 Å². The molecule has 0 aliphatic carbocycles. The van der Waals surface area contributed by atoms with Crippen LogP contribution in [0.25, 0.3) is 11.1 Å². The lowest BCUT2D eigenvalue weighted by Crippen LogP contribution is -1.96. The Morgan fingerprint density at radius 2 is 1.58 bits per heavy atom. The van der Waals surface area contributed by atoms with E-state index in [0.29, 0.717) is 5.75 Å². The highest BCUT2D eigenvalue weighted by molar-refractivity contribution is 5.70. The monoisotopic (exact) mass is 348 g/mol. The molecule has 0 amide bonds. The van der Waals surface area contributed by atoms with E-state index in [4.69, 9.17) is 9.47 Å². The van der Waals surface area contributed by atoms with E-state index in [1.165, 1.54) is 11.1 Å². The molecular formula is C23H24O3. The molecule has 3 heteroatoms. The fourth-order valence-corrected chi connectivity index (χ4v) is 3.16. The molecule has 0 saturated carbocycles. The lowest BCUT2D eigenvalue weighted by molar-refractivity contribution is 0.373. The van der Waals surface area contributed by atoms with Crippen LogP contribution in [-0.4, -0.2) is 19.3 Å². The zero-order valence-electron chi connectivity index (χ0n) is 15.5. The summed E-state index contributed by atoms with van der Waals surface area (Å²) < 4.78 is 10.7. The summed E-state index contributed by atoms with van der Waals surface area (Å²) in [5.74, 6) is 1.57. The van der Waals surface area contributed by atoms with Crippen molar-refractivity contribution in [2.45, 2.75) is 19.8 Å². The Balaban J connectivity index is 1.86. The molecule has 0 aromatic heterocycles. The van der Waals surface area contributed by atoms with Gasteiger partial charge < -0.3 is 14.6 Å². The van der Waals surface area contributed by atoms with Crippen LogP contribution in [0.1, 0.15) is 16.7 Å². The number of methoxy groups -OCH3 is 2. The number of rotatable bonds is 6. The van der Waals surface area contributed by atoms with Gasteiger partial charge in [0.25, 0.3) is 0 Å².